The number of thioether (sulfide) groups is 3. The van der Waals surface area contributed by atoms with Gasteiger partial charge >= 0.3 is 5.97 Å². The van der Waals surface area contributed by atoms with Crippen LogP contribution in [0.25, 0.3) is 0 Å². The van der Waals surface area contributed by atoms with Crippen molar-refractivity contribution < 1.29 is 61.5 Å². The van der Waals surface area contributed by atoms with Crippen molar-refractivity contribution >= 4 is 149 Å². The Morgan fingerprint density at radius 1 is 0.533 bits per heavy atom. The van der Waals surface area contributed by atoms with Gasteiger partial charge in [-0.2, -0.15) is 0 Å². The van der Waals surface area contributed by atoms with E-state index >= 15 is 0 Å². The van der Waals surface area contributed by atoms with Crippen LogP contribution in [0, 0.1) is 3.95 Å². The summed E-state index contributed by atoms with van der Waals surface area (Å²) in [4.78, 5) is 63.6. The number of carbonyl (C=O) groups is 4. The first kappa shape index (κ1) is 87.7. The number of nitrogens with one attached hydrogen (secondary N) is 4. The van der Waals surface area contributed by atoms with E-state index in [1.165, 1.54) is 87.7 Å². The van der Waals surface area contributed by atoms with E-state index < -0.39 is 5.91 Å². The Balaban J connectivity index is 0.000000257. The van der Waals surface area contributed by atoms with E-state index in [0.29, 0.717) is 119 Å². The first-order chi connectivity index (χ1) is 49.7. The molecule has 570 valence electrons. The number of rotatable bonds is 26. The van der Waals surface area contributed by atoms with Crippen LogP contribution >= 0.6 is 104 Å². The Bertz CT molecular complexity index is 4100. The first-order valence-corrected chi connectivity index (χ1v) is 39.0. The number of hydrogen-bond donors (Lipinski definition) is 9. The number of oxazole rings is 4. The molecule has 0 spiro atoms. The van der Waals surface area contributed by atoms with E-state index in [2.05, 4.69) is 177 Å². The molecular weight excluding hydrogens is 1530 g/mol. The molecule has 0 atom stereocenters. The summed E-state index contributed by atoms with van der Waals surface area (Å²) in [6.45, 7) is 25.7. The molecule has 0 aliphatic heterocycles. The third-order valence-corrected chi connectivity index (χ3v) is 19.9. The van der Waals surface area contributed by atoms with Crippen LogP contribution in [-0.4, -0.2) is 115 Å². The number of hydrogen-bond acceptors (Lipinski definition) is 35. The Kier molecular flexibility index (Phi) is 36.4. The summed E-state index contributed by atoms with van der Waals surface area (Å²) in [6.07, 6.45) is 8.97. The maximum atomic E-state index is 12.4. The summed E-state index contributed by atoms with van der Waals surface area (Å²) in [5, 5.41) is 52.4. The lowest BCUT2D eigenvalue weighted by Gasteiger charge is -2.12. The van der Waals surface area contributed by atoms with Crippen LogP contribution in [-0.2, 0) is 81.6 Å². The van der Waals surface area contributed by atoms with Gasteiger partial charge in [0, 0.05) is 34.5 Å². The van der Waals surface area contributed by atoms with Gasteiger partial charge in [-0.15, -0.1) is 47.3 Å². The Morgan fingerprint density at radius 3 is 1.21 bits per heavy atom. The van der Waals surface area contributed by atoms with Crippen LogP contribution in [0.1, 0.15) is 166 Å². The number of carbonyl (C=O) groups excluding carboxylic acids is 4. The minimum absolute atomic E-state index is 0.0108. The minimum atomic E-state index is -0.449. The van der Waals surface area contributed by atoms with E-state index in [9.17, 15) is 19.2 Å². The van der Waals surface area contributed by atoms with Crippen molar-refractivity contribution in [2.45, 2.75) is 179 Å². The summed E-state index contributed by atoms with van der Waals surface area (Å²) in [7, 11) is 1.36. The minimum Gasteiger partial charge on any atom is -0.494 e. The van der Waals surface area contributed by atoms with Crippen molar-refractivity contribution in [1.82, 2.24) is 66.2 Å². The molecule has 0 aliphatic rings. The zero-order chi connectivity index (χ0) is 77.3. The number of halogens is 1. The van der Waals surface area contributed by atoms with E-state index in [-0.39, 0.29) is 58.7 Å². The monoisotopic (exact) mass is 1620 g/mol. The largest absolute Gasteiger partial charge is 0.494 e. The summed E-state index contributed by atoms with van der Waals surface area (Å²) < 4.78 is 41.2. The maximum absolute atomic E-state index is 12.4. The molecule has 3 amide bonds. The van der Waals surface area contributed by atoms with Crippen LogP contribution in [0.4, 0.5) is 20.5 Å². The fourth-order valence-corrected chi connectivity index (χ4v) is 13.0. The van der Waals surface area contributed by atoms with E-state index in [1.54, 1.807) is 66.7 Å². The average Bonchev–Trinajstić information content (AvgIpc) is 1.76. The summed E-state index contributed by atoms with van der Waals surface area (Å²) >= 11 is 19.9. The lowest BCUT2D eigenvalue weighted by Crippen LogP contribution is -2.18. The number of aromatic amines is 1. The topological polar surface area (TPSA) is 461 Å². The molecule has 0 unspecified atom stereocenters. The number of aromatic nitrogens is 12. The molecule has 12 N–H and O–H groups in total. The number of anilines is 4. The van der Waals surface area contributed by atoms with Gasteiger partial charge in [-0.1, -0.05) is 188 Å². The molecule has 0 aliphatic carbocycles. The second kappa shape index (κ2) is 43.6. The van der Waals surface area contributed by atoms with Crippen molar-refractivity contribution in [2.24, 2.45) is 5.90 Å². The quantitative estimate of drug-likeness (QED) is 0.00355. The first-order valence-electron chi connectivity index (χ1n) is 31.8. The highest BCUT2D eigenvalue weighted by molar-refractivity contribution is 8.00. The SMILES string of the molecule is CC(C)(C)c1cnc(CCl)o1.CC(C)(C)c1cnc(CSc2nnc(N)s2)o1.CC(C)(C)c1cnc(CSc2nnc(NC(=O)Cc3ccc(OCCCC(=O)NO)cc3)s2)o1.COC(=O)CCCOc1ccc(CC(=O)Nc2nnc(SCc3ncc(C(C)(C)C)o3)s2)cc1.NO.Nc1n[nH]c(=S)s1. The number of nitrogens with two attached hydrogens (primary N) is 3. The van der Waals surface area contributed by atoms with Gasteiger partial charge in [0.15, 0.2) is 17.0 Å². The van der Waals surface area contributed by atoms with E-state index in [0.717, 1.165) is 42.8 Å². The number of ether oxygens (including phenoxy) is 3. The molecule has 10 aromatic rings. The predicted molar refractivity (Wildman–Crippen MR) is 410 cm³/mol. The van der Waals surface area contributed by atoms with Gasteiger partial charge in [-0.05, 0) is 60.5 Å². The molecule has 105 heavy (non-hydrogen) atoms. The zero-order valence-electron chi connectivity index (χ0n) is 60.1. The summed E-state index contributed by atoms with van der Waals surface area (Å²) in [6, 6.07) is 14.4. The molecule has 8 heterocycles. The van der Waals surface area contributed by atoms with Crippen LogP contribution < -0.4 is 43.0 Å². The number of alkyl halides is 1. The third kappa shape index (κ3) is 33.6. The van der Waals surface area contributed by atoms with Crippen molar-refractivity contribution in [3.8, 4) is 11.5 Å². The maximum Gasteiger partial charge on any atom is 0.305 e. The molecule has 2 aromatic carbocycles. The van der Waals surface area contributed by atoms with Crippen LogP contribution in [0.15, 0.2) is 104 Å². The number of nitrogen functional groups attached to an aromatic ring is 2. The Hall–Kier alpha value is -7.96. The number of amides is 3. The third-order valence-electron chi connectivity index (χ3n) is 13.0. The second-order valence-corrected chi connectivity index (χ2v) is 34.4. The Morgan fingerprint density at radius 2 is 0.905 bits per heavy atom. The van der Waals surface area contributed by atoms with Crippen LogP contribution in [0.5, 0.6) is 11.5 Å². The number of benzene rings is 2. The fourth-order valence-electron chi connectivity index (χ4n) is 7.51. The molecule has 0 radical (unpaired) electrons. The molecule has 0 saturated heterocycles. The lowest BCUT2D eigenvalue weighted by molar-refractivity contribution is -0.140. The highest BCUT2D eigenvalue weighted by Gasteiger charge is 2.23. The van der Waals surface area contributed by atoms with Crippen LogP contribution in [0.2, 0.25) is 0 Å². The van der Waals surface area contributed by atoms with Gasteiger partial charge in [0.2, 0.25) is 61.8 Å². The van der Waals surface area contributed by atoms with Crippen LogP contribution in [0.3, 0.4) is 0 Å². The number of esters is 1. The molecular formula is C65H87ClN18O13S8. The van der Waals surface area contributed by atoms with Gasteiger partial charge < -0.3 is 59.2 Å². The number of nitrogens with zero attached hydrogens (tertiary/aromatic N) is 11. The normalized spacial score (nSPS) is 11.2. The molecule has 31 nitrogen and oxygen atoms in total. The molecule has 40 heteroatoms. The lowest BCUT2D eigenvalue weighted by atomic mass is 9.94. The Labute approximate surface area is 645 Å². The van der Waals surface area contributed by atoms with Crippen molar-refractivity contribution in [1.29, 1.82) is 0 Å². The zero-order valence-corrected chi connectivity index (χ0v) is 67.4. The highest BCUT2D eigenvalue weighted by atomic mass is 35.5. The molecule has 0 saturated carbocycles. The fraction of sp³-hybridized carbons (Fsp3) is 0.446. The van der Waals surface area contributed by atoms with Crippen molar-refractivity contribution in [3.05, 3.63) is 135 Å². The number of hydroxylamine groups is 1. The smallest absolute Gasteiger partial charge is 0.305 e. The molecule has 0 fully saturated rings. The van der Waals surface area contributed by atoms with Crippen molar-refractivity contribution in [2.75, 3.05) is 42.4 Å². The predicted octanol–water partition coefficient (Wildman–Crippen LogP) is 14.1. The highest BCUT2D eigenvalue weighted by Crippen LogP contribution is 2.34. The van der Waals surface area contributed by atoms with Gasteiger partial charge in [0.25, 0.3) is 0 Å². The molecule has 10 rings (SSSR count). The summed E-state index contributed by atoms with van der Waals surface area (Å²) in [5.41, 5.74) is 13.8. The molecule has 8 aromatic heterocycles. The molecule has 0 bridgehead atoms. The van der Waals surface area contributed by atoms with Crippen molar-refractivity contribution in [3.63, 3.8) is 0 Å². The van der Waals surface area contributed by atoms with E-state index in [4.69, 9.17) is 60.6 Å². The van der Waals surface area contributed by atoms with E-state index in [1.807, 2.05) is 12.1 Å². The number of methoxy groups -OCH3 is 1. The standard InChI is InChI=1S/C23H28N4O5S2.C22H27N5O5S2.C10H14N4OS2.C8H12ClNO.C2H3N3S2.H3NO/c1-23(2,3)17-13-24-19(32-17)14-33-22-27-26-21(34-22)25-18(28)12-15-7-9-16(10-8-15)31-11-5-6-20(29)30-4;1-22(2,3)16-12-23-19(32-16)13-33-21-26-25-20(34-21)24-18(29)11-14-6-8-15(9-7-14)31-10-4-5-17(28)27-30;1-10(2,3)6-4-12-7(15-6)5-16-9-14-13-8(11)17-9;1-8(2,3)6-5-10-7(4-9)11-6;3-1-4-5-2(6)7-1;1-2/h7-10,13H,5-6,11-12,14H2,1-4H3,(H,25,26,28);6-9,12,30H,4-5,10-11,13H2,1-3H3,(H,27,28)(H,24,25,29);4H,5H2,1-3H3,(H2,11,13);5H,4H2,1-3H3;(H2,3,4)(H,5,6);2H,1H2. The average molecular weight is 1620 g/mol. The van der Waals surface area contributed by atoms with Gasteiger partial charge in [-0.3, -0.25) is 29.5 Å². The van der Waals surface area contributed by atoms with Gasteiger partial charge in [-0.25, -0.2) is 31.3 Å². The number of H-pyrrole nitrogens is 1. The summed E-state index contributed by atoms with van der Waals surface area (Å²) in [5.74, 6) is 11.8. The second-order valence-electron chi connectivity index (χ2n) is 25.8. The van der Waals surface area contributed by atoms with Gasteiger partial charge in [0.1, 0.15) is 34.5 Å². The van der Waals surface area contributed by atoms with Gasteiger partial charge in [0.05, 0.1) is 81.1 Å².